The third-order valence-electron chi connectivity index (χ3n) is 3.66. The number of benzene rings is 1. The number of nitrogens with two attached hydrogens (primary N) is 1. The van der Waals surface area contributed by atoms with Crippen LogP contribution >= 0.6 is 15.9 Å². The Morgan fingerprint density at radius 3 is 3.10 bits per heavy atom. The van der Waals surface area contributed by atoms with E-state index in [4.69, 9.17) is 5.73 Å². The number of hydrogen-bond acceptors (Lipinski definition) is 4. The molecule has 0 bridgehead atoms. The van der Waals surface area contributed by atoms with Gasteiger partial charge in [0.2, 0.25) is 5.91 Å². The summed E-state index contributed by atoms with van der Waals surface area (Å²) in [6.07, 6.45) is 1.83. The lowest BCUT2D eigenvalue weighted by atomic mass is 9.96. The number of nitriles is 1. The zero-order chi connectivity index (χ0) is 15.2. The topological polar surface area (TPSA) is 82.2 Å². The summed E-state index contributed by atoms with van der Waals surface area (Å²) < 4.78 is 0.886. The van der Waals surface area contributed by atoms with Crippen molar-refractivity contribution in [3.05, 3.63) is 28.2 Å². The monoisotopic (exact) mass is 350 g/mol. The second-order valence-electron chi connectivity index (χ2n) is 5.14. The van der Waals surface area contributed by atoms with Gasteiger partial charge in [0, 0.05) is 30.7 Å². The molecule has 1 aromatic carbocycles. The minimum Gasteiger partial charge on any atom is -0.370 e. The van der Waals surface area contributed by atoms with Gasteiger partial charge >= 0.3 is 0 Å². The summed E-state index contributed by atoms with van der Waals surface area (Å²) >= 11 is 3.38. The molecule has 5 nitrogen and oxygen atoms in total. The van der Waals surface area contributed by atoms with E-state index in [0.29, 0.717) is 25.2 Å². The molecule has 1 fully saturated rings. The highest BCUT2D eigenvalue weighted by molar-refractivity contribution is 9.10. The smallest absolute Gasteiger partial charge is 0.224 e. The molecule has 0 spiro atoms. The number of nitrogens with zero attached hydrogens (tertiary/aromatic N) is 2. The molecule has 3 N–H and O–H groups in total. The first-order valence-corrected chi connectivity index (χ1v) is 7.87. The third-order valence-corrected chi connectivity index (χ3v) is 4.15. The highest BCUT2D eigenvalue weighted by Gasteiger charge is 2.26. The number of carbonyl (C=O) groups is 1. The van der Waals surface area contributed by atoms with Crippen LogP contribution < -0.4 is 16.0 Å². The fraction of sp³-hybridized carbons (Fsp3) is 0.467. The summed E-state index contributed by atoms with van der Waals surface area (Å²) in [5, 5.41) is 12.1. The van der Waals surface area contributed by atoms with E-state index in [-0.39, 0.29) is 11.8 Å². The number of amides is 1. The van der Waals surface area contributed by atoms with Crippen LogP contribution in [-0.4, -0.2) is 32.1 Å². The van der Waals surface area contributed by atoms with E-state index in [0.717, 1.165) is 29.5 Å². The van der Waals surface area contributed by atoms with E-state index in [1.54, 1.807) is 0 Å². The summed E-state index contributed by atoms with van der Waals surface area (Å²) in [5.41, 5.74) is 6.94. The van der Waals surface area contributed by atoms with Gasteiger partial charge in [-0.25, -0.2) is 0 Å². The number of carbonyl (C=O) groups excluding carboxylic acids is 1. The summed E-state index contributed by atoms with van der Waals surface area (Å²) in [5.74, 6) is 0.0151. The largest absolute Gasteiger partial charge is 0.370 e. The molecule has 21 heavy (non-hydrogen) atoms. The summed E-state index contributed by atoms with van der Waals surface area (Å²) in [6.45, 7) is 2.48. The predicted octanol–water partition coefficient (Wildman–Crippen LogP) is 1.61. The molecule has 1 unspecified atom stereocenters. The molecule has 1 aliphatic heterocycles. The molecule has 1 aromatic rings. The number of halogens is 1. The molecule has 0 aromatic heterocycles. The van der Waals surface area contributed by atoms with Gasteiger partial charge in [-0.1, -0.05) is 15.9 Å². The minimum atomic E-state index is -0.0412. The molecule has 0 saturated carbocycles. The molecule has 1 saturated heterocycles. The highest BCUT2D eigenvalue weighted by atomic mass is 79.9. The molecule has 1 aliphatic rings. The van der Waals surface area contributed by atoms with Crippen LogP contribution in [0.5, 0.6) is 0 Å². The van der Waals surface area contributed by atoms with Gasteiger partial charge < -0.3 is 16.0 Å². The van der Waals surface area contributed by atoms with Gasteiger partial charge in [-0.05, 0) is 31.0 Å². The maximum absolute atomic E-state index is 12.1. The average Bonchev–Trinajstić information content (AvgIpc) is 2.52. The lowest BCUT2D eigenvalue weighted by Gasteiger charge is -2.34. The lowest BCUT2D eigenvalue weighted by Crippen LogP contribution is -2.44. The van der Waals surface area contributed by atoms with Gasteiger partial charge in [0.1, 0.15) is 6.07 Å². The quantitative estimate of drug-likeness (QED) is 0.864. The summed E-state index contributed by atoms with van der Waals surface area (Å²) in [4.78, 5) is 14.2. The van der Waals surface area contributed by atoms with Crippen molar-refractivity contribution in [2.24, 2.45) is 11.7 Å². The zero-order valence-corrected chi connectivity index (χ0v) is 13.4. The molecule has 1 atom stereocenters. The van der Waals surface area contributed by atoms with Crippen molar-refractivity contribution in [2.75, 3.05) is 31.1 Å². The first-order valence-electron chi connectivity index (χ1n) is 7.08. The van der Waals surface area contributed by atoms with Gasteiger partial charge in [-0.15, -0.1) is 0 Å². The van der Waals surface area contributed by atoms with Crippen molar-refractivity contribution in [1.82, 2.24) is 5.32 Å². The van der Waals surface area contributed by atoms with E-state index in [1.807, 2.05) is 18.2 Å². The Kier molecular flexibility index (Phi) is 5.59. The van der Waals surface area contributed by atoms with E-state index in [1.165, 1.54) is 0 Å². The third kappa shape index (κ3) is 3.96. The fourth-order valence-corrected chi connectivity index (χ4v) is 2.98. The van der Waals surface area contributed by atoms with Crippen LogP contribution in [-0.2, 0) is 4.79 Å². The van der Waals surface area contributed by atoms with Gasteiger partial charge in [0.05, 0.1) is 17.2 Å². The molecule has 1 heterocycles. The van der Waals surface area contributed by atoms with Crippen LogP contribution in [0.1, 0.15) is 18.4 Å². The Labute approximate surface area is 133 Å². The van der Waals surface area contributed by atoms with Gasteiger partial charge in [0.15, 0.2) is 0 Å². The molecular weight excluding hydrogens is 332 g/mol. The van der Waals surface area contributed by atoms with Crippen LogP contribution in [0, 0.1) is 17.2 Å². The van der Waals surface area contributed by atoms with E-state index in [9.17, 15) is 10.1 Å². The van der Waals surface area contributed by atoms with Crippen molar-refractivity contribution in [2.45, 2.75) is 12.8 Å². The first-order chi connectivity index (χ1) is 10.2. The number of rotatable bonds is 4. The molecule has 1 amide bonds. The molecule has 0 aliphatic carbocycles. The van der Waals surface area contributed by atoms with Crippen molar-refractivity contribution in [3.63, 3.8) is 0 Å². The Morgan fingerprint density at radius 1 is 1.57 bits per heavy atom. The van der Waals surface area contributed by atoms with E-state index in [2.05, 4.69) is 32.2 Å². The van der Waals surface area contributed by atoms with Crippen LogP contribution in [0.25, 0.3) is 0 Å². The summed E-state index contributed by atoms with van der Waals surface area (Å²) in [7, 11) is 0. The van der Waals surface area contributed by atoms with Gasteiger partial charge in [0.25, 0.3) is 0 Å². The lowest BCUT2D eigenvalue weighted by molar-refractivity contribution is -0.125. The number of hydrogen-bond donors (Lipinski definition) is 2. The molecule has 0 radical (unpaired) electrons. The molecule has 6 heteroatoms. The second kappa shape index (κ2) is 7.43. The number of nitrogens with one attached hydrogen (secondary N) is 1. The van der Waals surface area contributed by atoms with E-state index < -0.39 is 0 Å². The van der Waals surface area contributed by atoms with Crippen molar-refractivity contribution >= 4 is 27.5 Å². The average molecular weight is 351 g/mol. The maximum atomic E-state index is 12.1. The Balaban J connectivity index is 2.11. The van der Waals surface area contributed by atoms with Crippen LogP contribution in [0.4, 0.5) is 5.69 Å². The zero-order valence-electron chi connectivity index (χ0n) is 11.8. The minimum absolute atomic E-state index is 0.0412. The van der Waals surface area contributed by atoms with Gasteiger partial charge in [-0.2, -0.15) is 5.26 Å². The first kappa shape index (κ1) is 15.8. The van der Waals surface area contributed by atoms with Crippen molar-refractivity contribution in [3.8, 4) is 6.07 Å². The van der Waals surface area contributed by atoms with Crippen molar-refractivity contribution < 1.29 is 4.79 Å². The number of piperidine rings is 1. The second-order valence-corrected chi connectivity index (χ2v) is 6.05. The van der Waals surface area contributed by atoms with Crippen molar-refractivity contribution in [1.29, 1.82) is 5.26 Å². The highest BCUT2D eigenvalue weighted by Crippen LogP contribution is 2.28. The van der Waals surface area contributed by atoms with Crippen LogP contribution in [0.15, 0.2) is 22.7 Å². The number of anilines is 1. The maximum Gasteiger partial charge on any atom is 0.224 e. The molecular formula is C15H19BrN4O. The van der Waals surface area contributed by atoms with Crippen LogP contribution in [0.2, 0.25) is 0 Å². The fourth-order valence-electron chi connectivity index (χ4n) is 2.62. The summed E-state index contributed by atoms with van der Waals surface area (Å²) in [6, 6.07) is 7.89. The Morgan fingerprint density at radius 2 is 2.38 bits per heavy atom. The Bertz CT molecular complexity index is 555. The molecule has 2 rings (SSSR count). The van der Waals surface area contributed by atoms with Gasteiger partial charge in [-0.3, -0.25) is 4.79 Å². The standard InChI is InChI=1S/C15H19BrN4O/c16-13-3-4-14(12(8-13)9-18)20-7-1-2-11(10-20)15(21)19-6-5-17/h3-4,8,11H,1-2,5-7,10,17H2,(H,19,21). The molecule has 112 valence electrons. The Hall–Kier alpha value is -1.58. The normalized spacial score (nSPS) is 18.1. The SMILES string of the molecule is N#Cc1cc(Br)ccc1N1CCCC(C(=O)NCCN)C1. The van der Waals surface area contributed by atoms with E-state index >= 15 is 0 Å². The van der Waals surface area contributed by atoms with Crippen LogP contribution in [0.3, 0.4) is 0 Å². The predicted molar refractivity (Wildman–Crippen MR) is 85.9 cm³/mol.